The Bertz CT molecular complexity index is 3460. The van der Waals surface area contributed by atoms with Crippen molar-refractivity contribution in [3.8, 4) is 45.0 Å². The highest BCUT2D eigenvalue weighted by molar-refractivity contribution is 9.09. The number of anilines is 1. The summed E-state index contributed by atoms with van der Waals surface area (Å²) in [4.78, 5) is 32.6. The largest absolute Gasteiger partial charge is 0.416 e. The zero-order chi connectivity index (χ0) is 62.6. The lowest BCUT2D eigenvalue weighted by atomic mass is 9.99. The minimum Gasteiger partial charge on any atom is -0.416 e. The summed E-state index contributed by atoms with van der Waals surface area (Å²) in [5.74, 6) is 0.0583. The third-order valence-corrected chi connectivity index (χ3v) is 19.4. The molecule has 0 saturated carbocycles. The van der Waals surface area contributed by atoms with Crippen LogP contribution in [-0.4, -0.2) is 82.0 Å². The van der Waals surface area contributed by atoms with Gasteiger partial charge in [-0.05, 0) is 146 Å². The molecule has 0 fully saturated rings. The van der Waals surface area contributed by atoms with Gasteiger partial charge in [-0.25, -0.2) is 0 Å². The monoisotopic (exact) mass is 1230 g/mol. The number of alkyl halides is 1. The predicted octanol–water partition coefficient (Wildman–Crippen LogP) is 15.3. The number of carbonyl (C=O) groups excluding carboxylic acids is 1. The van der Waals surface area contributed by atoms with Crippen LogP contribution in [-0.2, 0) is 35.3 Å². The van der Waals surface area contributed by atoms with Gasteiger partial charge in [0.15, 0.2) is 14.1 Å². The lowest BCUT2D eigenvalue weighted by Gasteiger charge is -2.35. The van der Waals surface area contributed by atoms with E-state index < -0.39 is 8.32 Å². The number of Topliss-reactive ketones (excluding diaryl/α,β-unsaturated/α-hetero) is 1. The Morgan fingerprint density at radius 1 is 0.607 bits per heavy atom. The number of halogens is 1. The topological polar surface area (TPSA) is 247 Å². The first kappa shape index (κ1) is 69.1. The number of hydrogen-bond acceptors (Lipinski definition) is 12. The highest BCUT2D eigenvalue weighted by atomic mass is 79.9. The van der Waals surface area contributed by atoms with Crippen molar-refractivity contribution in [2.75, 3.05) is 24.2 Å². The summed E-state index contributed by atoms with van der Waals surface area (Å²) >= 11 is 3.37. The third-order valence-electron chi connectivity index (χ3n) is 14.5. The van der Waals surface area contributed by atoms with Gasteiger partial charge in [0.05, 0.1) is 39.2 Å². The van der Waals surface area contributed by atoms with Crippen LogP contribution in [0.5, 0.6) is 0 Å². The number of nitrogens with one attached hydrogen (secondary N) is 1. The number of carbonyl (C=O) groups is 1. The predicted molar refractivity (Wildman–Crippen MR) is 348 cm³/mol. The maximum Gasteiger partial charge on any atom is 0.272 e. The van der Waals surface area contributed by atoms with Crippen molar-refractivity contribution in [2.45, 2.75) is 160 Å². The normalized spacial score (nSPS) is 11.1. The van der Waals surface area contributed by atoms with Gasteiger partial charge < -0.3 is 15.9 Å². The quantitative estimate of drug-likeness (QED) is 0.0239. The Morgan fingerprint density at radius 2 is 1.00 bits per heavy atom. The van der Waals surface area contributed by atoms with E-state index in [1.54, 1.807) is 38.1 Å². The number of hydrogen-bond donors (Lipinski definition) is 3. The molecule has 5 N–H and O–H groups in total. The van der Waals surface area contributed by atoms with Gasteiger partial charge in [-0.1, -0.05) is 106 Å². The molecular weight excluding hydrogens is 1140 g/mol. The van der Waals surface area contributed by atoms with Gasteiger partial charge in [-0.15, -0.1) is 0 Å². The third kappa shape index (κ3) is 19.9. The molecule has 84 heavy (non-hydrogen) atoms. The molecule has 0 aliphatic carbocycles. The Hall–Kier alpha value is -7.39. The van der Waals surface area contributed by atoms with E-state index in [-0.39, 0.29) is 33.5 Å². The molecule has 8 rings (SSSR count). The van der Waals surface area contributed by atoms with Crippen LogP contribution in [0, 0.1) is 75.6 Å². The summed E-state index contributed by atoms with van der Waals surface area (Å²) < 4.78 is 11.8. The first-order valence-corrected chi connectivity index (χ1v) is 32.6. The fraction of sp³-hybridized carbons (Fsp3) is 0.422. The highest BCUT2D eigenvalue weighted by Gasteiger charge is 2.36. The average molecular weight is 1230 g/mol. The molecule has 0 amide bonds. The fourth-order valence-corrected chi connectivity index (χ4v) is 9.89. The van der Waals surface area contributed by atoms with Gasteiger partial charge in [-0.2, -0.15) is 20.4 Å². The number of benzene rings is 4. The number of nitrogen functional groups attached to an aromatic ring is 1. The van der Waals surface area contributed by atoms with Crippen LogP contribution in [0.3, 0.4) is 0 Å². The number of nitrogens with zero attached hydrogens (tertiary/aromatic N) is 9. The van der Waals surface area contributed by atoms with Gasteiger partial charge in [0, 0.05) is 112 Å². The van der Waals surface area contributed by atoms with Crippen molar-refractivity contribution >= 4 is 47.1 Å². The molecule has 452 valence electrons. The molecule has 4 heterocycles. The molecule has 0 saturated heterocycles. The number of rotatable bonds is 18. The number of nitrogens with two attached hydrogens (primary N) is 2. The molecule has 0 aliphatic heterocycles. The number of ketones is 1. The van der Waals surface area contributed by atoms with Gasteiger partial charge in [-0.3, -0.25) is 44.2 Å². The van der Waals surface area contributed by atoms with Gasteiger partial charge in [0.2, 0.25) is 0 Å². The number of H-pyrrole nitrogens is 1. The second-order valence-corrected chi connectivity index (χ2v) is 28.2. The maximum atomic E-state index is 11.6. The van der Waals surface area contributed by atoms with Crippen LogP contribution < -0.4 is 11.5 Å². The molecular formula is C64H89BrN12O6Si. The molecule has 0 bridgehead atoms. The number of nitro benzene ring substituents is 2. The van der Waals surface area contributed by atoms with Gasteiger partial charge >= 0.3 is 0 Å². The molecule has 0 atom stereocenters. The van der Waals surface area contributed by atoms with Crippen LogP contribution in [0.2, 0.25) is 18.1 Å². The number of aromatic nitrogens is 8. The Kier molecular flexibility index (Phi) is 26.4. The number of aromatic amines is 1. The summed E-state index contributed by atoms with van der Waals surface area (Å²) in [6.07, 6.45) is 3.56. The van der Waals surface area contributed by atoms with Gasteiger partial charge in [0.25, 0.3) is 11.4 Å². The SMILES string of the molecule is CC(C)(C)[Si](C)(C)OCCBr.CCCn1nc(-c2ccc(C)c(CC(=O)CN)c2)cc1C.CCCn1nc(-c2ccc(C)c(N)c2)cc1C.CCCn1nc(-c2ccc(C)c([N+](=O)[O-])c2)cc1C.Cc1cc(-c2ccc(C)c([N+](=O)[O-])c2)n[nH]1. The summed E-state index contributed by atoms with van der Waals surface area (Å²) in [6.45, 7) is 36.9. The van der Waals surface area contributed by atoms with Crippen LogP contribution in [0.25, 0.3) is 45.0 Å². The van der Waals surface area contributed by atoms with Crippen molar-refractivity contribution in [1.29, 1.82) is 0 Å². The second-order valence-electron chi connectivity index (χ2n) is 22.6. The van der Waals surface area contributed by atoms with Crippen LogP contribution >= 0.6 is 15.9 Å². The zero-order valence-corrected chi connectivity index (χ0v) is 54.9. The van der Waals surface area contributed by atoms with Crippen molar-refractivity contribution in [2.24, 2.45) is 5.73 Å². The van der Waals surface area contributed by atoms with E-state index >= 15 is 0 Å². The first-order valence-electron chi connectivity index (χ1n) is 28.6. The van der Waals surface area contributed by atoms with E-state index in [2.05, 4.69) is 140 Å². The fourth-order valence-electron chi connectivity index (χ4n) is 8.38. The van der Waals surface area contributed by atoms with Crippen molar-refractivity contribution < 1.29 is 19.1 Å². The van der Waals surface area contributed by atoms with Crippen LogP contribution in [0.4, 0.5) is 17.1 Å². The standard InChI is InChI=1S/C17H23N3O.C14H17N3O2.C14H19N3.C11H11N3O2.C8H19BrOSi/c1-4-7-20-13(3)8-17(19-20)14-6-5-12(2)15(9-14)10-16(21)11-18;1-4-7-16-11(3)8-13(15-16)12-6-5-10(2)14(9-12)17(18)19;1-4-7-17-11(3)8-14(16-17)12-6-5-10(2)13(15)9-12;1-7-3-4-9(6-11(7)14(15)16)10-5-8(2)12-13-10;1-8(2,3)11(4,5)10-7-6-9/h5-6,8-9H,4,7,10-11,18H2,1-3H3;5-6,8-9H,4,7H2,1-3H3;5-6,8-9H,4,7,15H2,1-3H3;3-6H,1-2H3,(H,12,13);6-7H2,1-5H3. The minimum atomic E-state index is -1.46. The molecule has 20 heteroatoms. The first-order chi connectivity index (χ1) is 39.6. The van der Waals surface area contributed by atoms with Crippen molar-refractivity contribution in [3.05, 3.63) is 168 Å². The van der Waals surface area contributed by atoms with Crippen LogP contribution in [0.1, 0.15) is 111 Å². The maximum absolute atomic E-state index is 11.6. The number of nitro groups is 2. The molecule has 4 aromatic carbocycles. The van der Waals surface area contributed by atoms with Crippen molar-refractivity contribution in [3.63, 3.8) is 0 Å². The molecule has 0 spiro atoms. The molecule has 8 aromatic rings. The van der Waals surface area contributed by atoms with E-state index in [0.717, 1.165) is 135 Å². The Morgan fingerprint density at radius 3 is 1.36 bits per heavy atom. The van der Waals surface area contributed by atoms with E-state index in [1.807, 2.05) is 84.2 Å². The summed E-state index contributed by atoms with van der Waals surface area (Å²) in [5.41, 5.74) is 28.5. The van der Waals surface area contributed by atoms with E-state index in [1.165, 1.54) is 5.69 Å². The lowest BCUT2D eigenvalue weighted by molar-refractivity contribution is -0.385. The van der Waals surface area contributed by atoms with E-state index in [9.17, 15) is 25.0 Å². The summed E-state index contributed by atoms with van der Waals surface area (Å²) in [7, 11) is -1.46. The smallest absolute Gasteiger partial charge is 0.272 e. The van der Waals surface area contributed by atoms with Crippen molar-refractivity contribution in [1.82, 2.24) is 39.5 Å². The average Bonchev–Trinajstić information content (AvgIpc) is 4.29. The summed E-state index contributed by atoms with van der Waals surface area (Å²) in [5, 5.41) is 43.7. The summed E-state index contributed by atoms with van der Waals surface area (Å²) in [6, 6.07) is 30.6. The minimum absolute atomic E-state index is 0.0583. The van der Waals surface area contributed by atoms with E-state index in [0.29, 0.717) is 22.6 Å². The van der Waals surface area contributed by atoms with Crippen LogP contribution in [0.15, 0.2) is 97.1 Å². The number of aryl methyl sites for hydroxylation is 11. The molecule has 0 radical (unpaired) electrons. The Balaban J connectivity index is 0.000000228. The molecule has 0 unspecified atom stereocenters. The highest BCUT2D eigenvalue weighted by Crippen LogP contribution is 2.36. The lowest BCUT2D eigenvalue weighted by Crippen LogP contribution is -2.41. The molecule has 4 aromatic heterocycles. The Labute approximate surface area is 506 Å². The molecule has 18 nitrogen and oxygen atoms in total. The molecule has 0 aliphatic rings. The zero-order valence-electron chi connectivity index (χ0n) is 52.3. The van der Waals surface area contributed by atoms with Gasteiger partial charge in [0.1, 0.15) is 0 Å². The second kappa shape index (κ2) is 32.0. The van der Waals surface area contributed by atoms with E-state index in [4.69, 9.17) is 15.9 Å².